The van der Waals surface area contributed by atoms with Crippen LogP contribution in [0, 0.1) is 19.8 Å². The molecule has 0 aromatic heterocycles. The summed E-state index contributed by atoms with van der Waals surface area (Å²) in [4.78, 5) is 0.241. The summed E-state index contributed by atoms with van der Waals surface area (Å²) in [6.07, 6.45) is 1.06. The molecule has 1 aliphatic rings. The number of benzene rings is 1. The minimum atomic E-state index is -3.54. The van der Waals surface area contributed by atoms with Gasteiger partial charge in [0.1, 0.15) is 0 Å². The second-order valence-electron chi connectivity index (χ2n) is 5.30. The van der Waals surface area contributed by atoms with Gasteiger partial charge in [0, 0.05) is 12.2 Å². The van der Waals surface area contributed by atoms with Crippen molar-refractivity contribution in [2.24, 2.45) is 5.92 Å². The van der Waals surface area contributed by atoms with E-state index in [1.54, 1.807) is 13.0 Å². The van der Waals surface area contributed by atoms with E-state index >= 15 is 0 Å². The van der Waals surface area contributed by atoms with E-state index in [0.717, 1.165) is 11.1 Å². The van der Waals surface area contributed by atoms with Gasteiger partial charge in [-0.05, 0) is 55.9 Å². The third-order valence-corrected chi connectivity index (χ3v) is 5.25. The number of nitrogen functional groups attached to an aromatic ring is 1. The number of hydrogen-bond donors (Lipinski definition) is 3. The van der Waals surface area contributed by atoms with Crippen molar-refractivity contribution in [1.82, 2.24) is 4.72 Å². The lowest BCUT2D eigenvalue weighted by Gasteiger charge is -2.31. The van der Waals surface area contributed by atoms with Gasteiger partial charge in [-0.15, -0.1) is 0 Å². The molecule has 0 radical (unpaired) electrons. The molecule has 1 saturated carbocycles. The summed E-state index contributed by atoms with van der Waals surface area (Å²) in [6, 6.07) is 3.25. The highest BCUT2D eigenvalue weighted by Gasteiger charge is 2.29. The Hall–Kier alpha value is -1.11. The van der Waals surface area contributed by atoms with Crippen molar-refractivity contribution in [1.29, 1.82) is 0 Å². The van der Waals surface area contributed by atoms with Crippen LogP contribution in [0.2, 0.25) is 0 Å². The quantitative estimate of drug-likeness (QED) is 0.717. The van der Waals surface area contributed by atoms with Crippen LogP contribution in [-0.2, 0) is 10.0 Å². The second-order valence-corrected chi connectivity index (χ2v) is 7.04. The van der Waals surface area contributed by atoms with Crippen molar-refractivity contribution in [3.8, 4) is 0 Å². The minimum absolute atomic E-state index is 0.229. The minimum Gasteiger partial charge on any atom is -0.399 e. The Kier molecular flexibility index (Phi) is 3.85. The fourth-order valence-electron chi connectivity index (χ4n) is 2.31. The predicted molar refractivity (Wildman–Crippen MR) is 74.2 cm³/mol. The van der Waals surface area contributed by atoms with Gasteiger partial charge in [0.15, 0.2) is 0 Å². The highest BCUT2D eigenvalue weighted by Crippen LogP contribution is 2.27. The standard InChI is InChI=1S/C13H20N2O3S/c1-8-3-11(14)6-13(9(8)2)19(17,18)15-7-10-4-12(16)5-10/h3,6,10,12,15-16H,4-5,7,14H2,1-2H3. The first-order valence-corrected chi connectivity index (χ1v) is 7.82. The number of nitrogens with two attached hydrogens (primary N) is 1. The van der Waals surface area contributed by atoms with Crippen LogP contribution >= 0.6 is 0 Å². The van der Waals surface area contributed by atoms with E-state index in [-0.39, 0.29) is 16.9 Å². The van der Waals surface area contributed by atoms with Crippen LogP contribution in [0.1, 0.15) is 24.0 Å². The maximum absolute atomic E-state index is 12.3. The number of aliphatic hydroxyl groups is 1. The first kappa shape index (κ1) is 14.3. The van der Waals surface area contributed by atoms with E-state index in [9.17, 15) is 13.5 Å². The van der Waals surface area contributed by atoms with E-state index in [1.807, 2.05) is 6.92 Å². The van der Waals surface area contributed by atoms with Crippen LogP contribution in [0.5, 0.6) is 0 Å². The first-order chi connectivity index (χ1) is 8.79. The summed E-state index contributed by atoms with van der Waals surface area (Å²) < 4.78 is 27.1. The normalized spacial score (nSPS) is 23.1. The van der Waals surface area contributed by atoms with E-state index in [0.29, 0.717) is 25.1 Å². The molecule has 1 aromatic rings. The summed E-state index contributed by atoms with van der Waals surface area (Å²) in [5.41, 5.74) is 7.74. The maximum atomic E-state index is 12.3. The van der Waals surface area contributed by atoms with Crippen molar-refractivity contribution < 1.29 is 13.5 Å². The Balaban J connectivity index is 2.15. The molecule has 0 bridgehead atoms. The fraction of sp³-hybridized carbons (Fsp3) is 0.538. The summed E-state index contributed by atoms with van der Waals surface area (Å²) in [6.45, 7) is 3.98. The van der Waals surface area contributed by atoms with Gasteiger partial charge in [-0.25, -0.2) is 13.1 Å². The van der Waals surface area contributed by atoms with Crippen LogP contribution < -0.4 is 10.5 Å². The Bertz CT molecular complexity index is 578. The van der Waals surface area contributed by atoms with Gasteiger partial charge < -0.3 is 10.8 Å². The molecule has 1 aromatic carbocycles. The zero-order valence-corrected chi connectivity index (χ0v) is 12.0. The fourth-order valence-corrected chi connectivity index (χ4v) is 3.77. The predicted octanol–water partition coefficient (Wildman–Crippen LogP) is 0.935. The van der Waals surface area contributed by atoms with E-state index in [2.05, 4.69) is 4.72 Å². The molecule has 106 valence electrons. The summed E-state index contributed by atoms with van der Waals surface area (Å²) in [7, 11) is -3.54. The topological polar surface area (TPSA) is 92.4 Å². The molecule has 0 spiro atoms. The number of aryl methyl sites for hydroxylation is 1. The third-order valence-electron chi connectivity index (χ3n) is 3.70. The highest BCUT2D eigenvalue weighted by atomic mass is 32.2. The first-order valence-electron chi connectivity index (χ1n) is 6.34. The third kappa shape index (κ3) is 3.08. The van der Waals surface area contributed by atoms with Crippen LogP contribution in [0.3, 0.4) is 0 Å². The summed E-state index contributed by atoms with van der Waals surface area (Å²) in [5, 5.41) is 9.19. The smallest absolute Gasteiger partial charge is 0.240 e. The molecule has 0 amide bonds. The molecule has 0 heterocycles. The number of sulfonamides is 1. The lowest BCUT2D eigenvalue weighted by atomic mass is 9.83. The molecule has 1 aliphatic carbocycles. The van der Waals surface area contributed by atoms with Gasteiger partial charge in [0.2, 0.25) is 10.0 Å². The largest absolute Gasteiger partial charge is 0.399 e. The number of hydrogen-bond acceptors (Lipinski definition) is 4. The molecule has 0 atom stereocenters. The monoisotopic (exact) mass is 284 g/mol. The number of aliphatic hydroxyl groups excluding tert-OH is 1. The van der Waals surface area contributed by atoms with E-state index < -0.39 is 10.0 Å². The van der Waals surface area contributed by atoms with Gasteiger partial charge in [-0.1, -0.05) is 0 Å². The Morgan fingerprint density at radius 3 is 2.58 bits per heavy atom. The number of anilines is 1. The van der Waals surface area contributed by atoms with Crippen molar-refractivity contribution in [2.75, 3.05) is 12.3 Å². The molecular weight excluding hydrogens is 264 g/mol. The number of nitrogens with one attached hydrogen (secondary N) is 1. The Morgan fingerprint density at radius 1 is 1.37 bits per heavy atom. The molecule has 6 heteroatoms. The van der Waals surface area contributed by atoms with Gasteiger partial charge in [-0.2, -0.15) is 0 Å². The second kappa shape index (κ2) is 5.11. The molecule has 2 rings (SSSR count). The molecule has 4 N–H and O–H groups in total. The molecule has 5 nitrogen and oxygen atoms in total. The van der Waals surface area contributed by atoms with Crippen LogP contribution in [0.25, 0.3) is 0 Å². The van der Waals surface area contributed by atoms with Crippen LogP contribution in [0.4, 0.5) is 5.69 Å². The average molecular weight is 284 g/mol. The summed E-state index contributed by atoms with van der Waals surface area (Å²) in [5.74, 6) is 0.229. The van der Waals surface area contributed by atoms with Gasteiger partial charge in [0.05, 0.1) is 11.0 Å². The van der Waals surface area contributed by atoms with Gasteiger partial charge in [0.25, 0.3) is 0 Å². The number of rotatable bonds is 4. The zero-order chi connectivity index (χ0) is 14.2. The van der Waals surface area contributed by atoms with E-state index in [1.165, 1.54) is 6.07 Å². The van der Waals surface area contributed by atoms with Crippen molar-refractivity contribution in [3.63, 3.8) is 0 Å². The van der Waals surface area contributed by atoms with Crippen molar-refractivity contribution in [3.05, 3.63) is 23.3 Å². The Labute approximate surface area is 113 Å². The lowest BCUT2D eigenvalue weighted by molar-refractivity contribution is 0.0453. The average Bonchev–Trinajstić information content (AvgIpc) is 2.27. The molecule has 0 unspecified atom stereocenters. The Morgan fingerprint density at radius 2 is 2.00 bits per heavy atom. The SMILES string of the molecule is Cc1cc(N)cc(S(=O)(=O)NCC2CC(O)C2)c1C. The van der Waals surface area contributed by atoms with Crippen molar-refractivity contribution in [2.45, 2.75) is 37.7 Å². The molecule has 1 fully saturated rings. The molecule has 0 saturated heterocycles. The maximum Gasteiger partial charge on any atom is 0.240 e. The zero-order valence-electron chi connectivity index (χ0n) is 11.2. The molecular formula is C13H20N2O3S. The van der Waals surface area contributed by atoms with Crippen LogP contribution in [-0.4, -0.2) is 26.2 Å². The summed E-state index contributed by atoms with van der Waals surface area (Å²) >= 11 is 0. The van der Waals surface area contributed by atoms with E-state index in [4.69, 9.17) is 5.73 Å². The highest BCUT2D eigenvalue weighted by molar-refractivity contribution is 7.89. The van der Waals surface area contributed by atoms with Crippen molar-refractivity contribution >= 4 is 15.7 Å². The van der Waals surface area contributed by atoms with Gasteiger partial charge in [-0.3, -0.25) is 0 Å². The lowest BCUT2D eigenvalue weighted by Crippen LogP contribution is -2.38. The molecule has 19 heavy (non-hydrogen) atoms. The van der Waals surface area contributed by atoms with Crippen LogP contribution in [0.15, 0.2) is 17.0 Å². The van der Waals surface area contributed by atoms with Gasteiger partial charge >= 0.3 is 0 Å². The molecule has 0 aliphatic heterocycles.